The van der Waals surface area contributed by atoms with E-state index in [0.29, 0.717) is 5.52 Å². The zero-order chi connectivity index (χ0) is 77.7. The number of allylic oxidation sites excluding steroid dienone is 6. The van der Waals surface area contributed by atoms with E-state index in [2.05, 4.69) is 205 Å². The van der Waals surface area contributed by atoms with Gasteiger partial charge in [0, 0.05) is 111 Å². The molecule has 6 aromatic carbocycles. The first-order chi connectivity index (χ1) is 46.5. The van der Waals surface area contributed by atoms with E-state index in [9.17, 15) is 34.1 Å². The number of nitrogens with zero attached hydrogens (tertiary/aromatic N) is 6. The third kappa shape index (κ3) is 31.2. The zero-order valence-electron chi connectivity index (χ0n) is 67.5. The summed E-state index contributed by atoms with van der Waals surface area (Å²) in [6.07, 6.45) is 8.75. The molecule has 19 heteroatoms. The summed E-state index contributed by atoms with van der Waals surface area (Å²) in [7, 11) is 0. The molecule has 9 rings (SSSR count). The average molecular weight is 2140 g/mol. The smallest absolute Gasteiger partial charge is 0 e. The maximum absolute atomic E-state index is 13.3. The van der Waals surface area contributed by atoms with E-state index in [1.807, 2.05) is 125 Å². The molecular weight excluding hydrogens is 2030 g/mol. The van der Waals surface area contributed by atoms with Gasteiger partial charge in [0.1, 0.15) is 17.3 Å². The molecule has 0 atom stereocenters. The molecule has 0 aliphatic heterocycles. The van der Waals surface area contributed by atoms with E-state index in [4.69, 9.17) is 0 Å². The van der Waals surface area contributed by atoms with Crippen molar-refractivity contribution in [2.24, 2.45) is 32.5 Å². The van der Waals surface area contributed by atoms with Gasteiger partial charge in [-0.25, -0.2) is 0 Å². The van der Waals surface area contributed by atoms with Crippen LogP contribution in [0.1, 0.15) is 136 Å². The fourth-order valence-corrected chi connectivity index (χ4v) is 15.6. The number of aromatic nitrogens is 6. The summed E-state index contributed by atoms with van der Waals surface area (Å²) >= 11 is -5.39. The van der Waals surface area contributed by atoms with Crippen LogP contribution in [0.4, 0.5) is 4.39 Å². The van der Waals surface area contributed by atoms with Crippen molar-refractivity contribution in [3.8, 4) is 33.8 Å². The molecule has 105 heavy (non-hydrogen) atoms. The first-order valence-corrected chi connectivity index (χ1v) is 56.8. The van der Waals surface area contributed by atoms with Crippen LogP contribution in [0.3, 0.4) is 0 Å². The second kappa shape index (κ2) is 39.7. The predicted molar refractivity (Wildman–Crippen MR) is 434 cm³/mol. The van der Waals surface area contributed by atoms with Crippen LogP contribution in [-0.2, 0) is 74.7 Å². The molecule has 12 nitrogen and oxygen atoms in total. The van der Waals surface area contributed by atoms with Crippen molar-refractivity contribution >= 4 is 103 Å². The van der Waals surface area contributed by atoms with Gasteiger partial charge < -0.3 is 15.3 Å². The van der Waals surface area contributed by atoms with Gasteiger partial charge >= 0.3 is 383 Å². The van der Waals surface area contributed by atoms with E-state index < -0.39 is 56.0 Å². The van der Waals surface area contributed by atoms with Crippen molar-refractivity contribution in [2.45, 2.75) is 190 Å². The molecule has 0 fully saturated rings. The summed E-state index contributed by atoms with van der Waals surface area (Å²) in [6.45, 7) is 37.5. The molecule has 0 unspecified atom stereocenters. The van der Waals surface area contributed by atoms with Gasteiger partial charge in [0.05, 0.1) is 0 Å². The van der Waals surface area contributed by atoms with Crippen molar-refractivity contribution in [3.05, 3.63) is 199 Å². The SMILES string of the molecule is CC(C)(C)C(=O)C=C(O)C(C)(C)C.CC(C)(C)C(=O)C=C(O)C(C)(C)C.CC(C)(C)C(=O)C=C(O)C(C)(C)C.Cc1ccc2c(-c3[c-]c[c]([Ge]([CH3])([CH3])[CH3])cc3)ncnc2c1.Cc1ccc2c(-c3[c-]c[c]([Ge]([CH3])([CH3])[CH3])cc3)ncnc2c1.[CH3][Ge]([CH3])([CH3])[c]1c[c-]c(-c2ncnc3cc(F)ccc23)cc1.[Ir].[Ir].[Ir]. The molecule has 3 radical (unpaired) electrons. The number of fused-ring (bicyclic) bond motifs is 3. The molecule has 573 valence electrons. The van der Waals surface area contributed by atoms with Crippen LogP contribution in [0.2, 0.25) is 51.8 Å². The number of aryl methyl sites for hydroxylation is 2. The number of rotatable bonds is 9. The van der Waals surface area contributed by atoms with E-state index in [1.165, 1.54) is 61.0 Å². The Bertz CT molecular complexity index is 4010. The van der Waals surface area contributed by atoms with Gasteiger partial charge in [-0.1, -0.05) is 125 Å². The molecule has 0 saturated carbocycles. The standard InChI is InChI=1S/2C18H19GeN2.C17H16FGeN2.3C11H20O2.3Ir/c2*1-13-5-10-16-17(11-13)20-12-21-18(16)14-6-8-15(9-7-14)19(2,3)4;1-19(2,3)14-7-4-12(5-8-14)17-15-9-6-13(18)10-16(15)20-11-21-17;3*1-10(2,3)8(12)7-9(13)11(4,5)6;;;/h2*5-6,8-12H,1-4H3;4,6-11H,1-3H3;3*7,12H,1-6H3;;;/q3*-1;;;;;;. The van der Waals surface area contributed by atoms with Gasteiger partial charge in [-0.2, -0.15) is 0 Å². The Labute approximate surface area is 676 Å². The van der Waals surface area contributed by atoms with Crippen LogP contribution in [0.25, 0.3) is 66.5 Å². The van der Waals surface area contributed by atoms with Crippen molar-refractivity contribution in [1.82, 2.24) is 29.9 Å². The van der Waals surface area contributed by atoms with Gasteiger partial charge in [0.2, 0.25) is 0 Å². The minimum atomic E-state index is -1.83. The Balaban J connectivity index is 0.000000637. The fraction of sp³-hybridized carbons (Fsp3) is 0.407. The average Bonchev–Trinajstić information content (AvgIpc) is 0.803. The number of hydrogen-bond acceptors (Lipinski definition) is 12. The van der Waals surface area contributed by atoms with Crippen molar-refractivity contribution < 1.29 is 94.4 Å². The molecule has 0 aliphatic carbocycles. The van der Waals surface area contributed by atoms with Gasteiger partial charge in [0.15, 0.2) is 17.3 Å². The van der Waals surface area contributed by atoms with E-state index in [-0.39, 0.29) is 117 Å². The molecule has 3 aromatic heterocycles. The minimum absolute atomic E-state index is 0. The predicted octanol–water partition coefficient (Wildman–Crippen LogP) is 20.9. The van der Waals surface area contributed by atoms with E-state index in [1.54, 1.807) is 18.7 Å². The van der Waals surface area contributed by atoms with E-state index >= 15 is 0 Å². The molecule has 3 heterocycles. The summed E-state index contributed by atoms with van der Waals surface area (Å²) in [5.41, 5.74) is 8.48. The topological polar surface area (TPSA) is 189 Å². The van der Waals surface area contributed by atoms with Crippen LogP contribution < -0.4 is 13.2 Å². The van der Waals surface area contributed by atoms with Crippen LogP contribution >= 0.6 is 0 Å². The number of benzene rings is 6. The quantitative estimate of drug-likeness (QED) is 0.0538. The number of hydrogen-bond donors (Lipinski definition) is 3. The third-order valence-electron chi connectivity index (χ3n) is 16.3. The van der Waals surface area contributed by atoms with Crippen LogP contribution in [0.15, 0.2) is 164 Å². The number of aliphatic hydroxyl groups is 3. The number of carbonyl (C=O) groups excluding carboxylic acids is 3. The molecule has 0 bridgehead atoms. The molecule has 3 N–H and O–H groups in total. The summed E-state index contributed by atoms with van der Waals surface area (Å²) in [6, 6.07) is 46.8. The monoisotopic (exact) mass is 2150 g/mol. The number of carbonyl (C=O) groups is 3. The van der Waals surface area contributed by atoms with Gasteiger partial charge in [-0.15, -0.1) is 0 Å². The van der Waals surface area contributed by atoms with Crippen molar-refractivity contribution in [1.29, 1.82) is 0 Å². The number of ketones is 3. The van der Waals surface area contributed by atoms with Crippen LogP contribution in [0.5, 0.6) is 0 Å². The number of halogens is 1. The summed E-state index contributed by atoms with van der Waals surface area (Å²) in [4.78, 5) is 60.6. The second-order valence-electron chi connectivity index (χ2n) is 35.3. The molecule has 0 amide bonds. The Kier molecular flexibility index (Phi) is 36.9. The zero-order valence-corrected chi connectivity index (χ0v) is 81.0. The van der Waals surface area contributed by atoms with Gasteiger partial charge in [0.25, 0.3) is 0 Å². The first kappa shape index (κ1) is 97.5. The maximum Gasteiger partial charge on any atom is 0 e. The largest absolute Gasteiger partial charge is 0 e. The van der Waals surface area contributed by atoms with Crippen molar-refractivity contribution in [3.63, 3.8) is 0 Å². The van der Waals surface area contributed by atoms with Crippen LogP contribution in [-0.4, -0.2) is 102 Å². The Hall–Kier alpha value is -5.52. The van der Waals surface area contributed by atoms with E-state index in [0.717, 1.165) is 61.0 Å². The Morgan fingerprint density at radius 1 is 0.352 bits per heavy atom. The molecular formula is C86H114FGe3Ir3N6O6-3. The Morgan fingerprint density at radius 3 is 0.800 bits per heavy atom. The minimum Gasteiger partial charge on any atom is 0 e. The van der Waals surface area contributed by atoms with Gasteiger partial charge in [-0.3, -0.25) is 14.4 Å². The summed E-state index contributed by atoms with van der Waals surface area (Å²) in [5.74, 6) is 21.5. The molecule has 0 aliphatic rings. The van der Waals surface area contributed by atoms with Crippen molar-refractivity contribution in [2.75, 3.05) is 0 Å². The first-order valence-electron chi connectivity index (χ1n) is 34.8. The third-order valence-corrected chi connectivity index (χ3v) is 29.2. The fourth-order valence-electron chi connectivity index (χ4n) is 8.80. The summed E-state index contributed by atoms with van der Waals surface area (Å²) < 4.78 is 17.6. The van der Waals surface area contributed by atoms with Gasteiger partial charge in [-0.05, 0) is 0 Å². The summed E-state index contributed by atoms with van der Waals surface area (Å²) in [5, 5.41) is 31.7. The molecule has 9 aromatic rings. The molecule has 0 saturated heterocycles. The number of aliphatic hydroxyl groups excluding tert-OH is 3. The second-order valence-corrected chi connectivity index (χ2v) is 67.2. The normalized spacial score (nSPS) is 12.5. The maximum atomic E-state index is 13.3. The van der Waals surface area contributed by atoms with Crippen LogP contribution in [0, 0.1) is 70.4 Å². The Morgan fingerprint density at radius 2 is 0.590 bits per heavy atom. The molecule has 0 spiro atoms.